The van der Waals surface area contributed by atoms with Gasteiger partial charge in [0.1, 0.15) is 0 Å². The molecule has 0 aliphatic rings. The van der Waals surface area contributed by atoms with Gasteiger partial charge >= 0.3 is 0 Å². The number of aryl methyl sites for hydroxylation is 1. The van der Waals surface area contributed by atoms with Crippen molar-refractivity contribution < 1.29 is 4.52 Å². The molecule has 4 aromatic rings. The maximum absolute atomic E-state index is 5.69. The fourth-order valence-electron chi connectivity index (χ4n) is 4.05. The van der Waals surface area contributed by atoms with E-state index in [2.05, 4.69) is 106 Å². The van der Waals surface area contributed by atoms with Crippen molar-refractivity contribution in [2.75, 3.05) is 5.75 Å². The molecule has 0 fully saturated rings. The van der Waals surface area contributed by atoms with Crippen LogP contribution in [0.4, 0.5) is 0 Å². The second-order valence-electron chi connectivity index (χ2n) is 7.74. The summed E-state index contributed by atoms with van der Waals surface area (Å²) in [6.07, 6.45) is 1.80. The van der Waals surface area contributed by atoms with Crippen molar-refractivity contribution in [3.63, 3.8) is 0 Å². The molecule has 5 nitrogen and oxygen atoms in total. The lowest BCUT2D eigenvalue weighted by Gasteiger charge is -2.35. The third-order valence-electron chi connectivity index (χ3n) is 5.55. The molecule has 0 aliphatic carbocycles. The van der Waals surface area contributed by atoms with Crippen LogP contribution in [-0.2, 0) is 4.75 Å². The molecule has 1 atom stereocenters. The molecule has 0 bridgehead atoms. The fraction of sp³-hybridized carbons (Fsp3) is 0.231. The van der Waals surface area contributed by atoms with Crippen LogP contribution in [0.3, 0.4) is 0 Å². The Kier molecular flexibility index (Phi) is 8.23. The van der Waals surface area contributed by atoms with E-state index < -0.39 is 0 Å². The van der Waals surface area contributed by atoms with Crippen LogP contribution in [0, 0.1) is 6.92 Å². The van der Waals surface area contributed by atoms with Crippen molar-refractivity contribution in [1.29, 1.82) is 0 Å². The first kappa shape index (κ1) is 23.6. The molecule has 1 heterocycles. The van der Waals surface area contributed by atoms with Gasteiger partial charge in [0.2, 0.25) is 5.89 Å². The van der Waals surface area contributed by atoms with E-state index in [1.807, 2.05) is 18.7 Å². The van der Waals surface area contributed by atoms with Crippen LogP contribution in [0.2, 0.25) is 0 Å². The van der Waals surface area contributed by atoms with E-state index in [9.17, 15) is 0 Å². The van der Waals surface area contributed by atoms with Gasteiger partial charge in [0, 0.05) is 12.1 Å². The van der Waals surface area contributed by atoms with Gasteiger partial charge in [-0.2, -0.15) is 4.98 Å². The van der Waals surface area contributed by atoms with Crippen LogP contribution in [-0.4, -0.2) is 15.9 Å². The number of rotatable bonds is 11. The minimum absolute atomic E-state index is 0.0821. The van der Waals surface area contributed by atoms with E-state index in [1.165, 1.54) is 16.7 Å². The predicted octanol–water partition coefficient (Wildman–Crippen LogP) is 6.04. The molecule has 0 amide bonds. The average molecular weight is 477 g/mol. The SMILES string of the molecule is Cc1noc([C@@H](CCCSC(c2ccccc2)(c2ccccc2)c2ccccc2)NSN)n1. The molecule has 1 aromatic heterocycles. The first-order valence-corrected chi connectivity index (χ1v) is 12.8. The van der Waals surface area contributed by atoms with E-state index in [0.29, 0.717) is 11.7 Å². The quantitative estimate of drug-likeness (QED) is 0.155. The number of aromatic nitrogens is 2. The average Bonchev–Trinajstić information content (AvgIpc) is 3.31. The Bertz CT molecular complexity index is 1010. The fourth-order valence-corrected chi connectivity index (χ4v) is 5.96. The zero-order valence-corrected chi connectivity index (χ0v) is 20.2. The molecular formula is C26H28N4OS2. The van der Waals surface area contributed by atoms with Crippen LogP contribution in [0.15, 0.2) is 95.5 Å². The first-order valence-electron chi connectivity index (χ1n) is 11.0. The summed E-state index contributed by atoms with van der Waals surface area (Å²) in [4.78, 5) is 4.38. The van der Waals surface area contributed by atoms with Crippen molar-refractivity contribution >= 4 is 23.9 Å². The maximum Gasteiger partial charge on any atom is 0.244 e. The Morgan fingerprint density at radius 1 is 0.879 bits per heavy atom. The highest BCUT2D eigenvalue weighted by Gasteiger charge is 2.36. The molecule has 0 radical (unpaired) electrons. The number of thioether (sulfide) groups is 1. The summed E-state index contributed by atoms with van der Waals surface area (Å²) in [6.45, 7) is 1.82. The first-order chi connectivity index (χ1) is 16.2. The van der Waals surface area contributed by atoms with E-state index in [-0.39, 0.29) is 10.8 Å². The molecule has 3 aromatic carbocycles. The lowest BCUT2D eigenvalue weighted by atomic mass is 9.84. The minimum Gasteiger partial charge on any atom is -0.338 e. The normalized spacial score (nSPS) is 12.5. The standard InChI is InChI=1S/C26H28N4OS2/c1-20-28-25(31-29-20)24(30-33-27)18-11-19-32-26(21-12-5-2-6-13-21,22-14-7-3-8-15-22)23-16-9-4-10-17-23/h2-10,12-17,24,30H,11,18-19,27H2,1H3/t24-/m1/s1. The van der Waals surface area contributed by atoms with Gasteiger partial charge in [-0.15, -0.1) is 11.8 Å². The third-order valence-corrected chi connectivity index (χ3v) is 7.60. The Labute approximate surface area is 203 Å². The zero-order chi connectivity index (χ0) is 22.9. The minimum atomic E-state index is -0.309. The number of hydrogen-bond donors (Lipinski definition) is 2. The lowest BCUT2D eigenvalue weighted by Crippen LogP contribution is -2.26. The second kappa shape index (κ2) is 11.5. The smallest absolute Gasteiger partial charge is 0.244 e. The van der Waals surface area contributed by atoms with Gasteiger partial charge in [-0.25, -0.2) is 4.72 Å². The highest BCUT2D eigenvalue weighted by molar-refractivity contribution is 8.00. The Hall–Kier alpha value is -2.58. The molecule has 33 heavy (non-hydrogen) atoms. The van der Waals surface area contributed by atoms with Gasteiger partial charge < -0.3 is 4.52 Å². The number of nitrogens with two attached hydrogens (primary N) is 1. The highest BCUT2D eigenvalue weighted by Crippen LogP contribution is 2.48. The monoisotopic (exact) mass is 476 g/mol. The van der Waals surface area contributed by atoms with Crippen molar-refractivity contribution in [3.8, 4) is 0 Å². The molecule has 7 heteroatoms. The molecule has 0 saturated heterocycles. The summed E-state index contributed by atoms with van der Waals surface area (Å²) in [6, 6.07) is 32.2. The number of nitrogens with one attached hydrogen (secondary N) is 1. The van der Waals surface area contributed by atoms with Gasteiger partial charge in [-0.05, 0) is 42.2 Å². The van der Waals surface area contributed by atoms with Crippen molar-refractivity contribution in [3.05, 3.63) is 119 Å². The Morgan fingerprint density at radius 3 is 1.82 bits per heavy atom. The maximum atomic E-state index is 5.69. The predicted molar refractivity (Wildman–Crippen MR) is 138 cm³/mol. The van der Waals surface area contributed by atoms with Gasteiger partial charge in [-0.1, -0.05) is 96.2 Å². The molecule has 0 saturated carbocycles. The van der Waals surface area contributed by atoms with E-state index in [1.54, 1.807) is 0 Å². The van der Waals surface area contributed by atoms with Gasteiger partial charge in [0.15, 0.2) is 5.82 Å². The molecule has 0 aliphatic heterocycles. The van der Waals surface area contributed by atoms with Crippen LogP contribution in [0.5, 0.6) is 0 Å². The molecule has 3 N–H and O–H groups in total. The van der Waals surface area contributed by atoms with E-state index in [0.717, 1.165) is 30.7 Å². The topological polar surface area (TPSA) is 77.0 Å². The number of benzene rings is 3. The van der Waals surface area contributed by atoms with Crippen LogP contribution in [0.1, 0.15) is 47.3 Å². The number of hydrogen-bond acceptors (Lipinski definition) is 7. The van der Waals surface area contributed by atoms with Gasteiger partial charge in [0.05, 0.1) is 10.8 Å². The van der Waals surface area contributed by atoms with Crippen molar-refractivity contribution in [1.82, 2.24) is 14.9 Å². The van der Waals surface area contributed by atoms with E-state index >= 15 is 0 Å². The van der Waals surface area contributed by atoms with Crippen LogP contribution < -0.4 is 9.86 Å². The third kappa shape index (κ3) is 5.50. The molecule has 170 valence electrons. The largest absolute Gasteiger partial charge is 0.338 e. The number of nitrogens with zero attached hydrogens (tertiary/aromatic N) is 2. The second-order valence-corrected chi connectivity index (χ2v) is 9.52. The van der Waals surface area contributed by atoms with Crippen molar-refractivity contribution in [2.24, 2.45) is 5.14 Å². The molecule has 0 unspecified atom stereocenters. The summed E-state index contributed by atoms with van der Waals surface area (Å²) < 4.78 is 8.27. The summed E-state index contributed by atoms with van der Waals surface area (Å²) in [7, 11) is 0. The Morgan fingerprint density at radius 2 is 1.39 bits per heavy atom. The zero-order valence-electron chi connectivity index (χ0n) is 18.6. The summed E-state index contributed by atoms with van der Waals surface area (Å²) in [5.41, 5.74) is 3.81. The van der Waals surface area contributed by atoms with Gasteiger partial charge in [0.25, 0.3) is 0 Å². The molecule has 0 spiro atoms. The summed E-state index contributed by atoms with van der Waals surface area (Å²) >= 11 is 3.04. The van der Waals surface area contributed by atoms with Crippen LogP contribution >= 0.6 is 23.9 Å². The summed E-state index contributed by atoms with van der Waals surface area (Å²) in [5, 5.41) is 9.61. The lowest BCUT2D eigenvalue weighted by molar-refractivity contribution is 0.339. The van der Waals surface area contributed by atoms with E-state index in [4.69, 9.17) is 9.66 Å². The van der Waals surface area contributed by atoms with Crippen molar-refractivity contribution in [2.45, 2.75) is 30.6 Å². The summed E-state index contributed by atoms with van der Waals surface area (Å²) in [5.74, 6) is 2.15. The highest BCUT2D eigenvalue weighted by atomic mass is 32.2. The molecule has 4 rings (SSSR count). The van der Waals surface area contributed by atoms with Gasteiger partial charge in [-0.3, -0.25) is 5.14 Å². The Balaban J connectivity index is 1.62. The van der Waals surface area contributed by atoms with Crippen LogP contribution in [0.25, 0.3) is 0 Å². The molecular weight excluding hydrogens is 448 g/mol.